The van der Waals surface area contributed by atoms with Crippen LogP contribution in [-0.2, 0) is 11.2 Å². The monoisotopic (exact) mass is 410 g/mol. The molecule has 0 bridgehead atoms. The molecule has 3 aromatic carbocycles. The summed E-state index contributed by atoms with van der Waals surface area (Å²) in [5.41, 5.74) is 3.82. The molecule has 0 aliphatic carbocycles. The normalized spacial score (nSPS) is 10.5. The fourth-order valence-corrected chi connectivity index (χ4v) is 3.09. The lowest BCUT2D eigenvalue weighted by Crippen LogP contribution is -2.16. The van der Waals surface area contributed by atoms with E-state index < -0.39 is 0 Å². The Hall–Kier alpha value is -4.39. The molecule has 0 fully saturated rings. The summed E-state index contributed by atoms with van der Waals surface area (Å²) in [5.74, 6) is 0.185. The second kappa shape index (κ2) is 8.96. The molecule has 0 spiro atoms. The Morgan fingerprint density at radius 2 is 1.61 bits per heavy atom. The first kappa shape index (κ1) is 19.9. The highest BCUT2D eigenvalue weighted by atomic mass is 16.3. The number of nitroso groups, excluding NO2 is 1. The molecule has 1 aromatic heterocycles. The zero-order valence-corrected chi connectivity index (χ0v) is 16.4. The van der Waals surface area contributed by atoms with Crippen LogP contribution in [0.15, 0.2) is 90.2 Å². The molecule has 0 aliphatic rings. The molecule has 7 nitrogen and oxygen atoms in total. The second-order valence-electron chi connectivity index (χ2n) is 6.85. The van der Waals surface area contributed by atoms with E-state index in [1.165, 1.54) is 0 Å². The average Bonchev–Trinajstić information content (AvgIpc) is 2.81. The zero-order chi connectivity index (χ0) is 21.6. The summed E-state index contributed by atoms with van der Waals surface area (Å²) in [6, 6.07) is 22.6. The van der Waals surface area contributed by atoms with Gasteiger partial charge in [-0.1, -0.05) is 42.5 Å². The van der Waals surface area contributed by atoms with Gasteiger partial charge in [0.05, 0.1) is 18.3 Å². The molecule has 0 saturated carbocycles. The summed E-state index contributed by atoms with van der Waals surface area (Å²) < 4.78 is 0. The molecule has 1 heterocycles. The number of carbonyl (C=O) groups is 1. The average molecular weight is 410 g/mol. The molecule has 7 heteroatoms. The van der Waals surface area contributed by atoms with Crippen LogP contribution in [0.4, 0.5) is 11.5 Å². The van der Waals surface area contributed by atoms with E-state index in [1.807, 2.05) is 30.3 Å². The number of carbonyl (C=O) groups excluding carboxylic acids is 1. The van der Waals surface area contributed by atoms with Gasteiger partial charge in [-0.25, -0.2) is 9.97 Å². The van der Waals surface area contributed by atoms with Gasteiger partial charge in [-0.2, -0.15) is 0 Å². The summed E-state index contributed by atoms with van der Waals surface area (Å²) >= 11 is 0. The van der Waals surface area contributed by atoms with Crippen LogP contribution in [0.3, 0.4) is 0 Å². The highest BCUT2D eigenvalue weighted by Gasteiger charge is 2.14. The fourth-order valence-electron chi connectivity index (χ4n) is 3.09. The molecule has 0 unspecified atom stereocenters. The Morgan fingerprint density at radius 1 is 0.903 bits per heavy atom. The van der Waals surface area contributed by atoms with Crippen LogP contribution in [0.25, 0.3) is 22.5 Å². The molecule has 0 saturated heterocycles. The number of phenolic OH excluding ortho intramolecular Hbond substituents is 1. The number of phenols is 1. The Morgan fingerprint density at radius 3 is 2.29 bits per heavy atom. The van der Waals surface area contributed by atoms with E-state index in [-0.39, 0.29) is 18.1 Å². The number of benzene rings is 3. The number of nitrogens with one attached hydrogen (secondary N) is 1. The summed E-state index contributed by atoms with van der Waals surface area (Å²) in [6.07, 6.45) is 1.72. The third-order valence-electron chi connectivity index (χ3n) is 4.65. The number of nitrogens with zero attached hydrogens (tertiary/aromatic N) is 3. The van der Waals surface area contributed by atoms with Gasteiger partial charge in [0.2, 0.25) is 5.91 Å². The first-order chi connectivity index (χ1) is 15.1. The van der Waals surface area contributed by atoms with Crippen molar-refractivity contribution in [2.75, 3.05) is 5.32 Å². The van der Waals surface area contributed by atoms with Crippen LogP contribution < -0.4 is 5.32 Å². The minimum absolute atomic E-state index is 0.107. The minimum Gasteiger partial charge on any atom is -0.508 e. The van der Waals surface area contributed by atoms with E-state index in [0.29, 0.717) is 28.5 Å². The number of hydrogen-bond acceptors (Lipinski definition) is 6. The van der Waals surface area contributed by atoms with E-state index in [4.69, 9.17) is 4.98 Å². The number of anilines is 1. The number of aromatic hydroxyl groups is 1. The lowest BCUT2D eigenvalue weighted by Gasteiger charge is -2.12. The molecule has 1 amide bonds. The van der Waals surface area contributed by atoms with Crippen LogP contribution in [-0.4, -0.2) is 21.0 Å². The maximum atomic E-state index is 12.6. The molecule has 31 heavy (non-hydrogen) atoms. The third-order valence-corrected chi connectivity index (χ3v) is 4.65. The molecular weight excluding hydrogens is 392 g/mol. The van der Waals surface area contributed by atoms with Crippen LogP contribution >= 0.6 is 0 Å². The lowest BCUT2D eigenvalue weighted by molar-refractivity contribution is -0.115. The fraction of sp³-hybridized carbons (Fsp3) is 0.0417. The number of rotatable bonds is 6. The first-order valence-corrected chi connectivity index (χ1v) is 9.56. The summed E-state index contributed by atoms with van der Waals surface area (Å²) in [6.45, 7) is 0. The van der Waals surface area contributed by atoms with E-state index in [9.17, 15) is 14.8 Å². The van der Waals surface area contributed by atoms with Gasteiger partial charge >= 0.3 is 0 Å². The number of hydrogen-bond donors (Lipinski definition) is 2. The molecule has 152 valence electrons. The maximum absolute atomic E-state index is 12.6. The van der Waals surface area contributed by atoms with Crippen molar-refractivity contribution in [3.05, 3.63) is 95.5 Å². The van der Waals surface area contributed by atoms with E-state index in [2.05, 4.69) is 15.5 Å². The molecule has 4 aromatic rings. The van der Waals surface area contributed by atoms with Gasteiger partial charge in [-0.05, 0) is 47.1 Å². The SMILES string of the molecule is O=Nc1ccc(CC(=O)Nc2ncc(-c3ccccc3)nc2-c2ccc(O)cc2)cc1. The van der Waals surface area contributed by atoms with Crippen molar-refractivity contribution in [1.29, 1.82) is 0 Å². The summed E-state index contributed by atoms with van der Waals surface area (Å²) in [7, 11) is 0. The van der Waals surface area contributed by atoms with Gasteiger partial charge in [0.25, 0.3) is 0 Å². The minimum atomic E-state index is -0.270. The summed E-state index contributed by atoms with van der Waals surface area (Å²) in [4.78, 5) is 32.3. The van der Waals surface area contributed by atoms with Crippen molar-refractivity contribution in [1.82, 2.24) is 9.97 Å². The van der Waals surface area contributed by atoms with E-state index in [1.54, 1.807) is 54.7 Å². The zero-order valence-electron chi connectivity index (χ0n) is 16.4. The maximum Gasteiger partial charge on any atom is 0.230 e. The van der Waals surface area contributed by atoms with Crippen LogP contribution in [0.1, 0.15) is 5.56 Å². The number of amides is 1. The van der Waals surface area contributed by atoms with Crippen molar-refractivity contribution >= 4 is 17.4 Å². The predicted molar refractivity (Wildman–Crippen MR) is 119 cm³/mol. The number of aromatic nitrogens is 2. The Kier molecular flexibility index (Phi) is 5.75. The molecular formula is C24H18N4O3. The predicted octanol–water partition coefficient (Wildman–Crippen LogP) is 5.10. The standard InChI is InChI=1S/C24H18N4O3/c29-20-12-8-18(9-13-20)23-24(25-15-21(26-23)17-4-2-1-3-5-17)27-22(30)14-16-6-10-19(28-31)11-7-16/h1-13,15,29H,14H2,(H,25,27,30). The van der Waals surface area contributed by atoms with Gasteiger partial charge in [0, 0.05) is 11.1 Å². The highest BCUT2D eigenvalue weighted by Crippen LogP contribution is 2.29. The van der Waals surface area contributed by atoms with Gasteiger partial charge in [-0.3, -0.25) is 4.79 Å². The van der Waals surface area contributed by atoms with E-state index in [0.717, 1.165) is 11.1 Å². The third kappa shape index (κ3) is 4.79. The molecule has 2 N–H and O–H groups in total. The van der Waals surface area contributed by atoms with Crippen molar-refractivity contribution in [3.63, 3.8) is 0 Å². The van der Waals surface area contributed by atoms with Crippen molar-refractivity contribution in [3.8, 4) is 28.3 Å². The van der Waals surface area contributed by atoms with Crippen molar-refractivity contribution in [2.24, 2.45) is 5.18 Å². The largest absolute Gasteiger partial charge is 0.508 e. The van der Waals surface area contributed by atoms with E-state index >= 15 is 0 Å². The Bertz CT molecular complexity index is 1210. The van der Waals surface area contributed by atoms with Crippen LogP contribution in [0.5, 0.6) is 5.75 Å². The summed E-state index contributed by atoms with van der Waals surface area (Å²) in [5, 5.41) is 15.3. The lowest BCUT2D eigenvalue weighted by atomic mass is 10.1. The van der Waals surface area contributed by atoms with Gasteiger partial charge in [0.1, 0.15) is 17.1 Å². The van der Waals surface area contributed by atoms with Gasteiger partial charge in [-0.15, -0.1) is 4.91 Å². The molecule has 0 aliphatic heterocycles. The van der Waals surface area contributed by atoms with Gasteiger partial charge < -0.3 is 10.4 Å². The topological polar surface area (TPSA) is 105 Å². The molecule has 0 atom stereocenters. The molecule has 4 rings (SSSR count). The van der Waals surface area contributed by atoms with Crippen LogP contribution in [0, 0.1) is 4.91 Å². The second-order valence-corrected chi connectivity index (χ2v) is 6.85. The smallest absolute Gasteiger partial charge is 0.230 e. The Balaban J connectivity index is 1.64. The van der Waals surface area contributed by atoms with Gasteiger partial charge in [0.15, 0.2) is 5.82 Å². The van der Waals surface area contributed by atoms with Crippen molar-refractivity contribution in [2.45, 2.75) is 6.42 Å². The van der Waals surface area contributed by atoms with Crippen molar-refractivity contribution < 1.29 is 9.90 Å². The molecule has 0 radical (unpaired) electrons. The quantitative estimate of drug-likeness (QED) is 0.431. The Labute approximate surface area is 178 Å². The first-order valence-electron chi connectivity index (χ1n) is 9.56. The van der Waals surface area contributed by atoms with Crippen LogP contribution in [0.2, 0.25) is 0 Å². The highest BCUT2D eigenvalue weighted by molar-refractivity contribution is 5.94.